The van der Waals surface area contributed by atoms with Gasteiger partial charge >= 0.3 is 0 Å². The molecular weight excluding hydrogens is 214 g/mol. The van der Waals surface area contributed by atoms with Crippen molar-refractivity contribution in [1.82, 2.24) is 4.98 Å². The number of nitrogens with one attached hydrogen (secondary N) is 1. The van der Waals surface area contributed by atoms with E-state index >= 15 is 0 Å². The monoisotopic (exact) mass is 231 g/mol. The summed E-state index contributed by atoms with van der Waals surface area (Å²) >= 11 is 0. The molecule has 1 heterocycles. The van der Waals surface area contributed by atoms with Gasteiger partial charge in [-0.25, -0.2) is 0 Å². The van der Waals surface area contributed by atoms with Gasteiger partial charge in [-0.05, 0) is 36.4 Å². The SMILES string of the molecule is COc1ccc2cc(C3(CO)CCC3)[nH]c2c1. The summed E-state index contributed by atoms with van der Waals surface area (Å²) < 4.78 is 5.21. The van der Waals surface area contributed by atoms with E-state index in [4.69, 9.17) is 4.74 Å². The van der Waals surface area contributed by atoms with Crippen molar-refractivity contribution >= 4 is 10.9 Å². The first kappa shape index (κ1) is 10.7. The summed E-state index contributed by atoms with van der Waals surface area (Å²) in [5.74, 6) is 0.859. The van der Waals surface area contributed by atoms with Crippen LogP contribution in [0.1, 0.15) is 25.0 Å². The Bertz CT molecular complexity index is 535. The van der Waals surface area contributed by atoms with Crippen molar-refractivity contribution < 1.29 is 9.84 Å². The molecule has 0 aliphatic heterocycles. The Balaban J connectivity index is 2.07. The molecule has 0 spiro atoms. The average molecular weight is 231 g/mol. The summed E-state index contributed by atoms with van der Waals surface area (Å²) in [6.07, 6.45) is 3.36. The lowest BCUT2D eigenvalue weighted by molar-refractivity contribution is 0.117. The zero-order valence-electron chi connectivity index (χ0n) is 9.99. The molecule has 3 rings (SSSR count). The van der Waals surface area contributed by atoms with E-state index in [1.807, 2.05) is 12.1 Å². The van der Waals surface area contributed by atoms with Crippen molar-refractivity contribution in [3.8, 4) is 5.75 Å². The van der Waals surface area contributed by atoms with Gasteiger partial charge in [0.25, 0.3) is 0 Å². The van der Waals surface area contributed by atoms with Crippen LogP contribution < -0.4 is 4.74 Å². The molecule has 0 amide bonds. The summed E-state index contributed by atoms with van der Waals surface area (Å²) in [5.41, 5.74) is 2.22. The van der Waals surface area contributed by atoms with Crippen LogP contribution in [0, 0.1) is 0 Å². The second kappa shape index (κ2) is 3.77. The molecular formula is C14H17NO2. The Labute approximate surface area is 100 Å². The number of methoxy groups -OCH3 is 1. The second-order valence-electron chi connectivity index (χ2n) is 4.93. The standard InChI is InChI=1S/C14H17NO2/c1-17-11-4-3-10-7-13(15-12(10)8-11)14(9-16)5-2-6-14/h3-4,7-8,15-16H,2,5-6,9H2,1H3. The number of H-pyrrole nitrogens is 1. The number of aliphatic hydroxyl groups is 1. The number of benzene rings is 1. The highest BCUT2D eigenvalue weighted by Crippen LogP contribution is 2.43. The predicted molar refractivity (Wildman–Crippen MR) is 67.5 cm³/mol. The maximum atomic E-state index is 9.57. The first-order valence-electron chi connectivity index (χ1n) is 6.05. The van der Waals surface area contributed by atoms with Gasteiger partial charge in [0.05, 0.1) is 13.7 Å². The summed E-state index contributed by atoms with van der Waals surface area (Å²) in [7, 11) is 1.67. The van der Waals surface area contributed by atoms with Gasteiger partial charge in [-0.2, -0.15) is 0 Å². The van der Waals surface area contributed by atoms with Gasteiger partial charge in [0.2, 0.25) is 0 Å². The van der Waals surface area contributed by atoms with E-state index in [1.54, 1.807) is 7.11 Å². The van der Waals surface area contributed by atoms with Gasteiger partial charge in [-0.3, -0.25) is 0 Å². The Morgan fingerprint density at radius 2 is 2.18 bits per heavy atom. The molecule has 1 fully saturated rings. The van der Waals surface area contributed by atoms with Crippen molar-refractivity contribution in [3.63, 3.8) is 0 Å². The topological polar surface area (TPSA) is 45.2 Å². The van der Waals surface area contributed by atoms with E-state index in [2.05, 4.69) is 17.1 Å². The predicted octanol–water partition coefficient (Wildman–Crippen LogP) is 2.59. The lowest BCUT2D eigenvalue weighted by Gasteiger charge is -2.39. The molecule has 1 saturated carbocycles. The summed E-state index contributed by atoms with van der Waals surface area (Å²) in [5, 5.41) is 10.8. The van der Waals surface area contributed by atoms with Crippen LogP contribution >= 0.6 is 0 Å². The molecule has 1 aromatic carbocycles. The molecule has 3 nitrogen and oxygen atoms in total. The molecule has 0 saturated heterocycles. The van der Waals surface area contributed by atoms with Crippen LogP contribution in [0.5, 0.6) is 5.75 Å². The minimum Gasteiger partial charge on any atom is -0.497 e. The Kier molecular flexibility index (Phi) is 2.37. The number of rotatable bonds is 3. The third kappa shape index (κ3) is 1.53. The molecule has 2 aromatic rings. The first-order chi connectivity index (χ1) is 8.27. The number of hydrogen-bond donors (Lipinski definition) is 2. The zero-order valence-corrected chi connectivity index (χ0v) is 9.99. The fourth-order valence-corrected chi connectivity index (χ4v) is 2.64. The quantitative estimate of drug-likeness (QED) is 0.852. The van der Waals surface area contributed by atoms with E-state index in [0.717, 1.165) is 29.8 Å². The van der Waals surface area contributed by atoms with Crippen molar-refractivity contribution in [1.29, 1.82) is 0 Å². The van der Waals surface area contributed by atoms with Gasteiger partial charge < -0.3 is 14.8 Å². The van der Waals surface area contributed by atoms with Crippen LogP contribution in [0.2, 0.25) is 0 Å². The maximum Gasteiger partial charge on any atom is 0.120 e. The van der Waals surface area contributed by atoms with Gasteiger partial charge in [0, 0.05) is 22.7 Å². The van der Waals surface area contributed by atoms with E-state index in [-0.39, 0.29) is 12.0 Å². The fraction of sp³-hybridized carbons (Fsp3) is 0.429. The maximum absolute atomic E-state index is 9.57. The molecule has 17 heavy (non-hydrogen) atoms. The molecule has 0 radical (unpaired) electrons. The summed E-state index contributed by atoms with van der Waals surface area (Å²) in [4.78, 5) is 3.42. The number of fused-ring (bicyclic) bond motifs is 1. The Morgan fingerprint density at radius 3 is 2.76 bits per heavy atom. The Hall–Kier alpha value is -1.48. The number of aromatic amines is 1. The van der Waals surface area contributed by atoms with Crippen LogP contribution in [-0.4, -0.2) is 23.8 Å². The number of hydrogen-bond acceptors (Lipinski definition) is 2. The van der Waals surface area contributed by atoms with Crippen LogP contribution in [0.25, 0.3) is 10.9 Å². The van der Waals surface area contributed by atoms with Crippen LogP contribution in [-0.2, 0) is 5.41 Å². The molecule has 1 aromatic heterocycles. The third-order valence-corrected chi connectivity index (χ3v) is 4.01. The highest BCUT2D eigenvalue weighted by molar-refractivity contribution is 5.82. The summed E-state index contributed by atoms with van der Waals surface area (Å²) in [6.45, 7) is 0.233. The number of aromatic nitrogens is 1. The molecule has 1 aliphatic carbocycles. The van der Waals surface area contributed by atoms with E-state index in [9.17, 15) is 5.11 Å². The van der Waals surface area contributed by atoms with E-state index in [0.29, 0.717) is 0 Å². The summed E-state index contributed by atoms with van der Waals surface area (Å²) in [6, 6.07) is 8.18. The largest absolute Gasteiger partial charge is 0.497 e. The van der Waals surface area contributed by atoms with Crippen molar-refractivity contribution in [2.45, 2.75) is 24.7 Å². The first-order valence-corrected chi connectivity index (χ1v) is 6.05. The van der Waals surface area contributed by atoms with Crippen molar-refractivity contribution in [2.24, 2.45) is 0 Å². The molecule has 2 N–H and O–H groups in total. The normalized spacial score (nSPS) is 18.0. The molecule has 1 aliphatic rings. The molecule has 0 bridgehead atoms. The van der Waals surface area contributed by atoms with Gasteiger partial charge in [0.1, 0.15) is 5.75 Å². The highest BCUT2D eigenvalue weighted by atomic mass is 16.5. The van der Waals surface area contributed by atoms with Crippen molar-refractivity contribution in [3.05, 3.63) is 30.0 Å². The number of aliphatic hydroxyl groups excluding tert-OH is 1. The molecule has 0 unspecified atom stereocenters. The Morgan fingerprint density at radius 1 is 1.35 bits per heavy atom. The van der Waals surface area contributed by atoms with Gasteiger partial charge in [0.15, 0.2) is 0 Å². The highest BCUT2D eigenvalue weighted by Gasteiger charge is 2.39. The van der Waals surface area contributed by atoms with E-state index < -0.39 is 0 Å². The van der Waals surface area contributed by atoms with E-state index in [1.165, 1.54) is 11.8 Å². The average Bonchev–Trinajstić information content (AvgIpc) is 2.70. The molecule has 0 atom stereocenters. The van der Waals surface area contributed by atoms with Gasteiger partial charge in [-0.1, -0.05) is 6.42 Å². The minimum absolute atomic E-state index is 0.0216. The fourth-order valence-electron chi connectivity index (χ4n) is 2.64. The third-order valence-electron chi connectivity index (χ3n) is 4.01. The van der Waals surface area contributed by atoms with Crippen LogP contribution in [0.3, 0.4) is 0 Å². The number of ether oxygens (including phenoxy) is 1. The smallest absolute Gasteiger partial charge is 0.120 e. The van der Waals surface area contributed by atoms with Crippen LogP contribution in [0.4, 0.5) is 0 Å². The van der Waals surface area contributed by atoms with Crippen molar-refractivity contribution in [2.75, 3.05) is 13.7 Å². The van der Waals surface area contributed by atoms with Gasteiger partial charge in [-0.15, -0.1) is 0 Å². The molecule has 3 heteroatoms. The zero-order chi connectivity index (χ0) is 11.9. The lowest BCUT2D eigenvalue weighted by atomic mass is 9.67. The lowest BCUT2D eigenvalue weighted by Crippen LogP contribution is -2.38. The molecule has 90 valence electrons. The van der Waals surface area contributed by atoms with Crippen LogP contribution in [0.15, 0.2) is 24.3 Å². The second-order valence-corrected chi connectivity index (χ2v) is 4.93. The minimum atomic E-state index is -0.0216.